The third kappa shape index (κ3) is 3.22. The lowest BCUT2D eigenvalue weighted by atomic mass is 10.4. The highest BCUT2D eigenvalue weighted by atomic mass is 79.9. The predicted molar refractivity (Wildman–Crippen MR) is 57.1 cm³/mol. The molecule has 0 aliphatic heterocycles. The Morgan fingerprint density at radius 2 is 2.06 bits per heavy atom. The largest absolute Gasteiger partial charge is 0.516 e. The van der Waals surface area contributed by atoms with Gasteiger partial charge in [-0.2, -0.15) is 21.6 Å². The van der Waals surface area contributed by atoms with Crippen molar-refractivity contribution >= 4 is 31.6 Å². The molecule has 0 spiro atoms. The van der Waals surface area contributed by atoms with Crippen LogP contribution >= 0.6 is 15.9 Å². The van der Waals surface area contributed by atoms with Crippen LogP contribution in [0.25, 0.3) is 0 Å². The molecular formula is C7H6BrF3N2O3S. The van der Waals surface area contributed by atoms with Crippen LogP contribution in [0.2, 0.25) is 0 Å². The number of nitrogens with zero attached hydrogens (tertiary/aromatic N) is 1. The van der Waals surface area contributed by atoms with E-state index in [9.17, 15) is 21.6 Å². The number of sulfonamides is 1. The lowest BCUT2D eigenvalue weighted by Gasteiger charge is -2.12. The van der Waals surface area contributed by atoms with Gasteiger partial charge in [-0.25, -0.2) is 4.98 Å². The number of methoxy groups -OCH3 is 1. The van der Waals surface area contributed by atoms with Gasteiger partial charge in [0.1, 0.15) is 5.69 Å². The number of rotatable bonds is 3. The maximum atomic E-state index is 12.1. The molecule has 0 amide bonds. The van der Waals surface area contributed by atoms with E-state index < -0.39 is 21.2 Å². The van der Waals surface area contributed by atoms with Crippen molar-refractivity contribution in [2.24, 2.45) is 0 Å². The summed E-state index contributed by atoms with van der Waals surface area (Å²) in [6.07, 6.45) is 1.25. The minimum Gasteiger partial charge on any atom is -0.479 e. The highest BCUT2D eigenvalue weighted by Gasteiger charge is 2.46. The van der Waals surface area contributed by atoms with Crippen molar-refractivity contribution in [1.29, 1.82) is 0 Å². The van der Waals surface area contributed by atoms with E-state index in [1.165, 1.54) is 10.9 Å². The molecule has 0 fully saturated rings. The molecule has 0 bridgehead atoms. The average Bonchev–Trinajstić information content (AvgIpc) is 2.15. The number of alkyl halides is 3. The number of nitrogens with one attached hydrogen (secondary N) is 1. The van der Waals surface area contributed by atoms with Crippen molar-refractivity contribution in [2.45, 2.75) is 5.51 Å². The number of pyridine rings is 1. The van der Waals surface area contributed by atoms with Crippen LogP contribution in [0.3, 0.4) is 0 Å². The van der Waals surface area contributed by atoms with E-state index in [1.54, 1.807) is 0 Å². The summed E-state index contributed by atoms with van der Waals surface area (Å²) in [6, 6.07) is 1.11. The Hall–Kier alpha value is -1.03. The third-order valence-corrected chi connectivity index (χ3v) is 3.09. The lowest BCUT2D eigenvalue weighted by Crippen LogP contribution is -2.30. The smallest absolute Gasteiger partial charge is 0.479 e. The average molecular weight is 335 g/mol. The Bertz CT molecular complexity index is 518. The molecule has 0 unspecified atom stereocenters. The fourth-order valence-corrected chi connectivity index (χ4v) is 1.75. The van der Waals surface area contributed by atoms with Gasteiger partial charge in [0.25, 0.3) is 0 Å². The fourth-order valence-electron chi connectivity index (χ4n) is 0.865. The van der Waals surface area contributed by atoms with Gasteiger partial charge in [0, 0.05) is 10.7 Å². The zero-order chi connectivity index (χ0) is 13.3. The molecule has 10 heteroatoms. The summed E-state index contributed by atoms with van der Waals surface area (Å²) in [6.45, 7) is 0. The highest BCUT2D eigenvalue weighted by Crippen LogP contribution is 2.30. The van der Waals surface area contributed by atoms with E-state index in [2.05, 4.69) is 25.7 Å². The minimum absolute atomic E-state index is 0.263. The summed E-state index contributed by atoms with van der Waals surface area (Å²) < 4.78 is 64.4. The van der Waals surface area contributed by atoms with Crippen LogP contribution in [-0.2, 0) is 10.0 Å². The molecule has 0 aromatic carbocycles. The summed E-state index contributed by atoms with van der Waals surface area (Å²) in [5.41, 5.74) is -5.81. The summed E-state index contributed by atoms with van der Waals surface area (Å²) in [4.78, 5) is 3.60. The van der Waals surface area contributed by atoms with Gasteiger partial charge >= 0.3 is 15.5 Å². The fraction of sp³-hybridized carbons (Fsp3) is 0.286. The highest BCUT2D eigenvalue weighted by molar-refractivity contribution is 9.10. The summed E-state index contributed by atoms with van der Waals surface area (Å²) in [5.74, 6) is -0.263. The molecule has 5 nitrogen and oxygen atoms in total. The summed E-state index contributed by atoms with van der Waals surface area (Å²) in [5, 5.41) is 0. The molecule has 1 rings (SSSR count). The Labute approximate surface area is 103 Å². The van der Waals surface area contributed by atoms with Gasteiger partial charge in [-0.1, -0.05) is 0 Å². The van der Waals surface area contributed by atoms with Crippen LogP contribution in [-0.4, -0.2) is 26.0 Å². The molecule has 0 atom stereocenters. The van der Waals surface area contributed by atoms with Crippen LogP contribution in [0.15, 0.2) is 16.7 Å². The van der Waals surface area contributed by atoms with Gasteiger partial charge in [0.15, 0.2) is 0 Å². The SMILES string of the molecule is COc1ncc(Br)cc1NS(=O)(=O)C(F)(F)F. The van der Waals surface area contributed by atoms with E-state index in [-0.39, 0.29) is 5.88 Å². The number of anilines is 1. The van der Waals surface area contributed by atoms with Crippen LogP contribution in [0.1, 0.15) is 0 Å². The standard InChI is InChI=1S/C7H6BrF3N2O3S/c1-16-6-5(2-4(8)3-12-6)13-17(14,15)7(9,10)11/h2-3,13H,1H3. The molecule has 17 heavy (non-hydrogen) atoms. The first-order valence-electron chi connectivity index (χ1n) is 3.96. The molecular weight excluding hydrogens is 329 g/mol. The van der Waals surface area contributed by atoms with Gasteiger partial charge in [-0.3, -0.25) is 4.72 Å². The number of hydrogen-bond acceptors (Lipinski definition) is 4. The zero-order valence-electron chi connectivity index (χ0n) is 8.25. The van der Waals surface area contributed by atoms with Crippen molar-refractivity contribution in [1.82, 2.24) is 4.98 Å². The number of halogens is 4. The quantitative estimate of drug-likeness (QED) is 0.919. The van der Waals surface area contributed by atoms with Crippen molar-refractivity contribution in [3.8, 4) is 5.88 Å². The molecule has 1 aromatic rings. The lowest BCUT2D eigenvalue weighted by molar-refractivity contribution is -0.0429. The topological polar surface area (TPSA) is 68.3 Å². The maximum Gasteiger partial charge on any atom is 0.516 e. The maximum absolute atomic E-state index is 12.1. The van der Waals surface area contributed by atoms with E-state index in [0.29, 0.717) is 4.47 Å². The molecule has 0 aliphatic rings. The first kappa shape index (κ1) is 14.0. The number of ether oxygens (including phenoxy) is 1. The second kappa shape index (κ2) is 4.69. The summed E-state index contributed by atoms with van der Waals surface area (Å²) in [7, 11) is -4.34. The van der Waals surface area contributed by atoms with Crippen LogP contribution in [0.5, 0.6) is 5.88 Å². The molecule has 0 radical (unpaired) electrons. The third-order valence-electron chi connectivity index (χ3n) is 1.56. The van der Waals surface area contributed by atoms with Crippen molar-refractivity contribution in [3.63, 3.8) is 0 Å². The Morgan fingerprint density at radius 1 is 1.47 bits per heavy atom. The second-order valence-electron chi connectivity index (χ2n) is 2.76. The van der Waals surface area contributed by atoms with Crippen LogP contribution in [0, 0.1) is 0 Å². The monoisotopic (exact) mass is 334 g/mol. The molecule has 1 N–H and O–H groups in total. The first-order valence-corrected chi connectivity index (χ1v) is 6.23. The molecule has 1 aromatic heterocycles. The van der Waals surface area contributed by atoms with E-state index in [4.69, 9.17) is 0 Å². The van der Waals surface area contributed by atoms with Gasteiger partial charge in [-0.05, 0) is 22.0 Å². The van der Waals surface area contributed by atoms with Crippen LogP contribution < -0.4 is 9.46 Å². The van der Waals surface area contributed by atoms with E-state index in [1.807, 2.05) is 0 Å². The van der Waals surface area contributed by atoms with Crippen molar-refractivity contribution < 1.29 is 26.3 Å². The van der Waals surface area contributed by atoms with Gasteiger partial charge in [0.2, 0.25) is 5.88 Å². The molecule has 0 aliphatic carbocycles. The first-order chi connectivity index (χ1) is 7.67. The van der Waals surface area contributed by atoms with E-state index >= 15 is 0 Å². The zero-order valence-corrected chi connectivity index (χ0v) is 10.6. The Morgan fingerprint density at radius 3 is 2.53 bits per heavy atom. The molecule has 1 heterocycles. The number of hydrogen-bond donors (Lipinski definition) is 1. The van der Waals surface area contributed by atoms with Gasteiger partial charge in [-0.15, -0.1) is 0 Å². The van der Waals surface area contributed by atoms with Crippen LogP contribution in [0.4, 0.5) is 18.9 Å². The Balaban J connectivity index is 3.16. The van der Waals surface area contributed by atoms with Crippen molar-refractivity contribution in [3.05, 3.63) is 16.7 Å². The molecule has 0 saturated carbocycles. The summed E-state index contributed by atoms with van der Waals surface area (Å²) >= 11 is 2.95. The second-order valence-corrected chi connectivity index (χ2v) is 5.35. The Kier molecular flexibility index (Phi) is 3.87. The van der Waals surface area contributed by atoms with E-state index in [0.717, 1.165) is 13.2 Å². The predicted octanol–water partition coefficient (Wildman–Crippen LogP) is 2.11. The van der Waals surface area contributed by atoms with Gasteiger partial charge in [0.05, 0.1) is 7.11 Å². The van der Waals surface area contributed by atoms with Crippen molar-refractivity contribution in [2.75, 3.05) is 11.8 Å². The molecule has 96 valence electrons. The number of aromatic nitrogens is 1. The molecule has 0 saturated heterocycles. The normalized spacial score (nSPS) is 12.3. The van der Waals surface area contributed by atoms with Gasteiger partial charge < -0.3 is 4.74 Å². The minimum atomic E-state index is -5.49.